The van der Waals surface area contributed by atoms with Crippen LogP contribution in [0.25, 0.3) is 11.3 Å². The van der Waals surface area contributed by atoms with Gasteiger partial charge in [0.05, 0.1) is 33.4 Å². The second-order valence-corrected chi connectivity index (χ2v) is 17.8. The highest BCUT2D eigenvalue weighted by atomic mass is 127. The van der Waals surface area contributed by atoms with E-state index in [1.165, 1.54) is 11.1 Å². The maximum Gasteiger partial charge on any atom is 0.255 e. The lowest BCUT2D eigenvalue weighted by Gasteiger charge is -2.32. The lowest BCUT2D eigenvalue weighted by molar-refractivity contribution is -0.870. The molecular formula is C49H65Cl2IN10O2. The first-order chi connectivity index (χ1) is 30.4. The highest BCUT2D eigenvalue weighted by molar-refractivity contribution is 6.18. The summed E-state index contributed by atoms with van der Waals surface area (Å²) in [5.74, 6) is 1.66. The average molecular weight is 1020 g/mol. The second-order valence-electron chi connectivity index (χ2n) is 17.0. The Morgan fingerprint density at radius 3 is 2.20 bits per heavy atom. The molecule has 0 saturated carbocycles. The van der Waals surface area contributed by atoms with Gasteiger partial charge in [0.1, 0.15) is 0 Å². The maximum atomic E-state index is 12.9. The number of anilines is 4. The molecule has 5 aromatic rings. The van der Waals surface area contributed by atoms with E-state index in [1.807, 2.05) is 67.6 Å². The summed E-state index contributed by atoms with van der Waals surface area (Å²) in [6.07, 6.45) is 8.59. The van der Waals surface area contributed by atoms with Crippen LogP contribution in [0.4, 0.5) is 23.0 Å². The Morgan fingerprint density at radius 2 is 1.55 bits per heavy atom. The van der Waals surface area contributed by atoms with E-state index >= 15 is 0 Å². The number of piperazine rings is 1. The zero-order valence-corrected chi connectivity index (χ0v) is 41.7. The van der Waals surface area contributed by atoms with Crippen molar-refractivity contribution in [1.29, 1.82) is 0 Å². The average Bonchev–Trinajstić information content (AvgIpc) is 3.28. The van der Waals surface area contributed by atoms with Crippen molar-refractivity contribution in [3.05, 3.63) is 126 Å². The third kappa shape index (κ3) is 18.2. The molecule has 1 saturated heterocycles. The molecule has 0 bridgehead atoms. The molecule has 0 unspecified atom stereocenters. The summed E-state index contributed by atoms with van der Waals surface area (Å²) in [5, 5.41) is 9.31. The van der Waals surface area contributed by atoms with Gasteiger partial charge in [-0.3, -0.25) is 19.5 Å². The third-order valence-corrected chi connectivity index (χ3v) is 11.1. The number of hydrogen-bond acceptors (Lipinski definition) is 9. The fraction of sp³-hybridized carbons (Fsp3) is 0.408. The molecule has 3 heterocycles. The van der Waals surface area contributed by atoms with E-state index < -0.39 is 0 Å². The molecular weight excluding hydrogens is 958 g/mol. The molecule has 0 atom stereocenters. The second kappa shape index (κ2) is 27.2. The van der Waals surface area contributed by atoms with Gasteiger partial charge in [-0.2, -0.15) is 0 Å². The van der Waals surface area contributed by atoms with E-state index in [0.717, 1.165) is 111 Å². The van der Waals surface area contributed by atoms with Crippen molar-refractivity contribution in [3.63, 3.8) is 0 Å². The zero-order chi connectivity index (χ0) is 45.0. The van der Waals surface area contributed by atoms with Crippen LogP contribution in [0.3, 0.4) is 0 Å². The minimum atomic E-state index is -0.143. The Balaban J connectivity index is 0.000000295. The summed E-state index contributed by atoms with van der Waals surface area (Å²) in [7, 11) is 8.65. The Labute approximate surface area is 407 Å². The van der Waals surface area contributed by atoms with Gasteiger partial charge in [-0.25, -0.2) is 9.97 Å². The van der Waals surface area contributed by atoms with Crippen LogP contribution < -0.4 is 44.8 Å². The van der Waals surface area contributed by atoms with E-state index in [-0.39, 0.29) is 35.8 Å². The third-order valence-electron chi connectivity index (χ3n) is 10.8. The van der Waals surface area contributed by atoms with Crippen molar-refractivity contribution in [2.75, 3.05) is 108 Å². The lowest BCUT2D eigenvalue weighted by Crippen LogP contribution is -3.00. The molecule has 64 heavy (non-hydrogen) atoms. The number of nitrogens with one attached hydrogen (secondary N) is 3. The van der Waals surface area contributed by atoms with Crippen LogP contribution in [0.1, 0.15) is 46.3 Å². The van der Waals surface area contributed by atoms with Gasteiger partial charge < -0.3 is 54.2 Å². The fourth-order valence-electron chi connectivity index (χ4n) is 7.05. The number of benzene rings is 3. The van der Waals surface area contributed by atoms with Crippen molar-refractivity contribution in [2.24, 2.45) is 0 Å². The molecule has 1 aliphatic heterocycles. The zero-order valence-electron chi connectivity index (χ0n) is 38.0. The van der Waals surface area contributed by atoms with E-state index in [4.69, 9.17) is 23.2 Å². The summed E-state index contributed by atoms with van der Waals surface area (Å²) >= 11 is 11.7. The number of halogens is 3. The van der Waals surface area contributed by atoms with Crippen molar-refractivity contribution < 1.29 is 38.0 Å². The number of pyridine rings is 1. The van der Waals surface area contributed by atoms with Crippen molar-refractivity contribution in [1.82, 2.24) is 30.1 Å². The molecule has 2 aromatic heterocycles. The molecule has 3 N–H and O–H groups in total. The minimum absolute atomic E-state index is 0. The van der Waals surface area contributed by atoms with Gasteiger partial charge in [0.15, 0.2) is 0 Å². The number of aromatic nitrogens is 3. The Bertz CT molecular complexity index is 2140. The number of amides is 2. The number of quaternary nitrogens is 1. The molecule has 0 radical (unpaired) electrons. The number of hydrogen-bond donors (Lipinski definition) is 3. The number of carbonyl (C=O) groups excluding carboxylic acids is 2. The van der Waals surface area contributed by atoms with Crippen LogP contribution in [-0.4, -0.2) is 133 Å². The molecule has 2 amide bonds. The lowest BCUT2D eigenvalue weighted by atomic mass is 10.1. The first kappa shape index (κ1) is 52.2. The van der Waals surface area contributed by atoms with Crippen molar-refractivity contribution in [2.45, 2.75) is 39.2 Å². The van der Waals surface area contributed by atoms with E-state index in [2.05, 4.69) is 98.1 Å². The molecule has 1 aliphatic rings. The monoisotopic (exact) mass is 1020 g/mol. The standard InChI is InChI=1S/C29H31N7O.C20H33Cl2N3O.HI/c1-21-5-10-25(18-27(21)34-29-31-13-11-26(33-29)24-4-3-12-30-19-24)32-28(37)23-8-6-22(7-9-23)20-36-16-14-35(2)15-17-36;1-25(2,3)17-5-14-23-20(26)7-4-6-18-8-10-19(11-9-18)24(15-12-21)16-13-22;/h3-13,18-19H,14-17,20H2,1-2H3,(H,32,37)(H,31,33,34);8-11H,4-7,12-17H2,1-3H3;1H. The molecule has 1 fully saturated rings. The number of alkyl halides is 2. The summed E-state index contributed by atoms with van der Waals surface area (Å²) < 4.78 is 0.930. The maximum absolute atomic E-state index is 12.9. The summed E-state index contributed by atoms with van der Waals surface area (Å²) in [6.45, 7) is 10.7. The molecule has 15 heteroatoms. The molecule has 0 spiro atoms. The van der Waals surface area contributed by atoms with Gasteiger partial charge in [-0.15, -0.1) is 23.2 Å². The van der Waals surface area contributed by atoms with Crippen LogP contribution >= 0.6 is 23.2 Å². The Hall–Kier alpha value is -4.38. The summed E-state index contributed by atoms with van der Waals surface area (Å²) in [6, 6.07) is 27.8. The van der Waals surface area contributed by atoms with E-state index in [9.17, 15) is 9.59 Å². The number of rotatable bonds is 20. The fourth-order valence-corrected chi connectivity index (χ4v) is 7.46. The van der Waals surface area contributed by atoms with Crippen LogP contribution in [0.2, 0.25) is 0 Å². The first-order valence-corrected chi connectivity index (χ1v) is 22.9. The predicted molar refractivity (Wildman–Crippen MR) is 260 cm³/mol. The Morgan fingerprint density at radius 1 is 0.844 bits per heavy atom. The summed E-state index contributed by atoms with van der Waals surface area (Å²) in [4.78, 5) is 44.9. The number of aryl methyl sites for hydroxylation is 2. The summed E-state index contributed by atoms with van der Waals surface area (Å²) in [5.41, 5.74) is 8.48. The number of nitrogens with zero attached hydrogens (tertiary/aromatic N) is 7. The largest absolute Gasteiger partial charge is 1.00 e. The molecule has 344 valence electrons. The normalized spacial score (nSPS) is 12.9. The minimum Gasteiger partial charge on any atom is -1.00 e. The highest BCUT2D eigenvalue weighted by Crippen LogP contribution is 2.25. The predicted octanol–water partition coefficient (Wildman–Crippen LogP) is 5.10. The van der Waals surface area contributed by atoms with Gasteiger partial charge in [-0.05, 0) is 98.1 Å². The number of likely N-dealkylation sites (N-methyl/N-ethyl adjacent to an activating group) is 1. The van der Waals surface area contributed by atoms with E-state index in [0.29, 0.717) is 35.4 Å². The van der Waals surface area contributed by atoms with Crippen molar-refractivity contribution >= 4 is 58.0 Å². The Kier molecular flexibility index (Phi) is 22.2. The molecule has 12 nitrogen and oxygen atoms in total. The van der Waals surface area contributed by atoms with Gasteiger partial charge in [0.25, 0.3) is 5.91 Å². The van der Waals surface area contributed by atoms with Crippen LogP contribution in [-0.2, 0) is 17.8 Å². The molecule has 0 aliphatic carbocycles. The quantitative estimate of drug-likeness (QED) is 0.0424. The van der Waals surface area contributed by atoms with Gasteiger partial charge in [0.2, 0.25) is 11.9 Å². The van der Waals surface area contributed by atoms with Crippen LogP contribution in [0.15, 0.2) is 104 Å². The smallest absolute Gasteiger partial charge is 0.255 e. The van der Waals surface area contributed by atoms with Crippen LogP contribution in [0, 0.1) is 6.92 Å². The molecule has 3 aromatic carbocycles. The topological polar surface area (TPSA) is 119 Å². The van der Waals surface area contributed by atoms with Gasteiger partial charge >= 0.3 is 0 Å². The molecule has 6 rings (SSSR count). The number of carbonyl (C=O) groups is 2. The first-order valence-electron chi connectivity index (χ1n) is 21.8. The van der Waals surface area contributed by atoms with Crippen LogP contribution in [0.5, 0.6) is 0 Å². The van der Waals surface area contributed by atoms with Crippen molar-refractivity contribution in [3.8, 4) is 11.3 Å². The van der Waals surface area contributed by atoms with Gasteiger partial charge in [0, 0.05) is 124 Å². The highest BCUT2D eigenvalue weighted by Gasteiger charge is 2.15. The van der Waals surface area contributed by atoms with Gasteiger partial charge in [-0.1, -0.05) is 30.3 Å². The van der Waals surface area contributed by atoms with E-state index in [1.54, 1.807) is 18.6 Å². The SMILES string of the molecule is C[N+](C)(C)CCCNC(=O)CCCc1ccc(N(CCCl)CCCl)cc1.Cc1ccc(NC(=O)c2ccc(CN3CCN(C)CC3)cc2)cc1Nc1nccc(-c2cccnc2)n1.[I-].